The van der Waals surface area contributed by atoms with E-state index in [4.69, 9.17) is 0 Å². The van der Waals surface area contributed by atoms with Crippen LogP contribution in [0.4, 0.5) is 10.1 Å². The Balaban J connectivity index is 1.67. The fourth-order valence-corrected chi connectivity index (χ4v) is 3.73. The van der Waals surface area contributed by atoms with Crippen molar-refractivity contribution >= 4 is 29.3 Å². The van der Waals surface area contributed by atoms with Crippen molar-refractivity contribution in [3.63, 3.8) is 0 Å². The zero-order valence-electron chi connectivity index (χ0n) is 17.8. The second-order valence-electron chi connectivity index (χ2n) is 7.12. The molecule has 1 aromatic heterocycles. The molecule has 0 saturated carbocycles. The van der Waals surface area contributed by atoms with Crippen LogP contribution in [0.25, 0.3) is 0 Å². The molecule has 32 heavy (non-hydrogen) atoms. The van der Waals surface area contributed by atoms with Gasteiger partial charge >= 0.3 is 0 Å². The van der Waals surface area contributed by atoms with Crippen molar-refractivity contribution in [3.05, 3.63) is 84.0 Å². The lowest BCUT2D eigenvalue weighted by Crippen LogP contribution is -2.29. The molecule has 3 aromatic rings. The number of amides is 2. The first-order valence-electron chi connectivity index (χ1n) is 9.97. The van der Waals surface area contributed by atoms with Crippen LogP contribution in [0, 0.1) is 12.7 Å². The topological polar surface area (TPSA) is 88.9 Å². The van der Waals surface area contributed by atoms with Crippen LogP contribution in [0.15, 0.2) is 66.3 Å². The normalized spacial score (nSPS) is 11.6. The van der Waals surface area contributed by atoms with Crippen LogP contribution in [0.5, 0.6) is 0 Å². The van der Waals surface area contributed by atoms with Gasteiger partial charge in [0.15, 0.2) is 11.0 Å². The largest absolute Gasteiger partial charge is 0.342 e. The maximum atomic E-state index is 13.9. The minimum absolute atomic E-state index is 0.0449. The minimum atomic E-state index is -0.597. The van der Waals surface area contributed by atoms with Gasteiger partial charge in [0, 0.05) is 12.2 Å². The molecule has 0 unspecified atom stereocenters. The lowest BCUT2D eigenvalue weighted by molar-refractivity contribution is -0.113. The first-order chi connectivity index (χ1) is 15.4. The summed E-state index contributed by atoms with van der Waals surface area (Å²) in [5.41, 5.74) is 1.79. The average molecular weight is 454 g/mol. The Labute approximate surface area is 190 Å². The Morgan fingerprint density at radius 1 is 1.19 bits per heavy atom. The average Bonchev–Trinajstić information content (AvgIpc) is 3.17. The van der Waals surface area contributed by atoms with Gasteiger partial charge in [-0.2, -0.15) is 0 Å². The van der Waals surface area contributed by atoms with Gasteiger partial charge in [-0.3, -0.25) is 9.59 Å². The molecule has 1 atom stereocenters. The van der Waals surface area contributed by atoms with Gasteiger partial charge in [0.05, 0.1) is 17.4 Å². The Kier molecular flexibility index (Phi) is 7.77. The lowest BCUT2D eigenvalue weighted by atomic mass is 10.2. The second kappa shape index (κ2) is 10.7. The number of carbonyl (C=O) groups is 2. The maximum absolute atomic E-state index is 13.9. The number of hydrogen-bond donors (Lipinski definition) is 2. The molecule has 0 aliphatic rings. The van der Waals surface area contributed by atoms with E-state index in [-0.39, 0.29) is 17.2 Å². The summed E-state index contributed by atoms with van der Waals surface area (Å²) in [6.07, 6.45) is 1.68. The van der Waals surface area contributed by atoms with E-state index >= 15 is 0 Å². The molecule has 3 rings (SSSR count). The van der Waals surface area contributed by atoms with Crippen molar-refractivity contribution < 1.29 is 14.0 Å². The fourth-order valence-electron chi connectivity index (χ4n) is 2.98. The Hall–Kier alpha value is -3.46. The van der Waals surface area contributed by atoms with E-state index in [1.165, 1.54) is 30.0 Å². The van der Waals surface area contributed by atoms with Crippen molar-refractivity contribution in [3.8, 4) is 0 Å². The number of aryl methyl sites for hydroxylation is 1. The Morgan fingerprint density at radius 2 is 1.91 bits per heavy atom. The third-order valence-electron chi connectivity index (χ3n) is 4.58. The number of nitrogens with one attached hydrogen (secondary N) is 2. The molecule has 7 nitrogen and oxygen atoms in total. The van der Waals surface area contributed by atoms with Crippen molar-refractivity contribution in [1.29, 1.82) is 0 Å². The smallest absolute Gasteiger partial charge is 0.254 e. The van der Waals surface area contributed by atoms with Crippen LogP contribution < -0.4 is 10.6 Å². The van der Waals surface area contributed by atoms with E-state index in [2.05, 4.69) is 27.4 Å². The number of rotatable bonds is 9. The van der Waals surface area contributed by atoms with Crippen LogP contribution in [0.1, 0.15) is 34.7 Å². The Bertz CT molecular complexity index is 1110. The van der Waals surface area contributed by atoms with Gasteiger partial charge in [-0.25, -0.2) is 4.39 Å². The summed E-state index contributed by atoms with van der Waals surface area (Å²) in [6, 6.07) is 12.8. The van der Waals surface area contributed by atoms with E-state index in [0.29, 0.717) is 17.5 Å². The molecule has 1 heterocycles. The van der Waals surface area contributed by atoms with Crippen LogP contribution in [0.3, 0.4) is 0 Å². The van der Waals surface area contributed by atoms with Crippen LogP contribution >= 0.6 is 11.8 Å². The molecule has 2 N–H and O–H groups in total. The first kappa shape index (κ1) is 23.2. The van der Waals surface area contributed by atoms with E-state index in [1.807, 2.05) is 31.2 Å². The van der Waals surface area contributed by atoms with Gasteiger partial charge in [0.2, 0.25) is 5.91 Å². The fraction of sp³-hybridized carbons (Fsp3) is 0.217. The molecular formula is C23H24FN5O2S. The highest BCUT2D eigenvalue weighted by atomic mass is 32.2. The highest BCUT2D eigenvalue weighted by Gasteiger charge is 2.21. The SMILES string of the molecule is C=CCn1c(SCC(=O)Nc2ccc(C)cc2)nnc1[C@@H](C)NC(=O)c1ccccc1F. The number of hydrogen-bond acceptors (Lipinski definition) is 5. The first-order valence-corrected chi connectivity index (χ1v) is 11.0. The molecule has 0 aliphatic carbocycles. The molecule has 0 spiro atoms. The third-order valence-corrected chi connectivity index (χ3v) is 5.54. The number of nitrogens with zero attached hydrogens (tertiary/aromatic N) is 3. The van der Waals surface area contributed by atoms with Crippen LogP contribution in [-0.2, 0) is 11.3 Å². The zero-order chi connectivity index (χ0) is 23.1. The summed E-state index contributed by atoms with van der Waals surface area (Å²) in [4.78, 5) is 24.8. The van der Waals surface area contributed by atoms with Gasteiger partial charge in [-0.05, 0) is 38.1 Å². The van der Waals surface area contributed by atoms with Crippen molar-refractivity contribution in [1.82, 2.24) is 20.1 Å². The standard InChI is InChI=1S/C23H24FN5O2S/c1-4-13-29-21(16(3)25-22(31)18-7-5-6-8-19(18)24)27-28-23(29)32-14-20(30)26-17-11-9-15(2)10-12-17/h4-12,16H,1,13-14H2,2-3H3,(H,25,31)(H,26,30)/t16-/m1/s1. The molecule has 9 heteroatoms. The van der Waals surface area contributed by atoms with Gasteiger partial charge < -0.3 is 15.2 Å². The van der Waals surface area contributed by atoms with Crippen molar-refractivity contribution in [2.75, 3.05) is 11.1 Å². The summed E-state index contributed by atoms with van der Waals surface area (Å²) in [5.74, 6) is -0.694. The van der Waals surface area contributed by atoms with E-state index in [9.17, 15) is 14.0 Å². The number of halogens is 1. The van der Waals surface area contributed by atoms with Crippen molar-refractivity contribution in [2.45, 2.75) is 31.6 Å². The second-order valence-corrected chi connectivity index (χ2v) is 8.06. The lowest BCUT2D eigenvalue weighted by Gasteiger charge is -2.15. The number of benzene rings is 2. The highest BCUT2D eigenvalue weighted by molar-refractivity contribution is 7.99. The maximum Gasteiger partial charge on any atom is 0.254 e. The molecule has 0 aliphatic heterocycles. The number of aromatic nitrogens is 3. The summed E-state index contributed by atoms with van der Waals surface area (Å²) in [6.45, 7) is 7.86. The zero-order valence-corrected chi connectivity index (χ0v) is 18.7. The third kappa shape index (κ3) is 5.82. The summed E-state index contributed by atoms with van der Waals surface area (Å²) in [5, 5.41) is 14.4. The number of thioether (sulfide) groups is 1. The molecule has 0 fully saturated rings. The molecule has 0 saturated heterocycles. The monoisotopic (exact) mass is 453 g/mol. The molecule has 166 valence electrons. The van der Waals surface area contributed by atoms with E-state index in [0.717, 1.165) is 11.3 Å². The molecule has 2 amide bonds. The van der Waals surface area contributed by atoms with E-state index < -0.39 is 17.8 Å². The molecule has 0 radical (unpaired) electrons. The number of allylic oxidation sites excluding steroid dienone is 1. The summed E-state index contributed by atoms with van der Waals surface area (Å²) >= 11 is 1.23. The van der Waals surface area contributed by atoms with Crippen molar-refractivity contribution in [2.24, 2.45) is 0 Å². The summed E-state index contributed by atoms with van der Waals surface area (Å²) in [7, 11) is 0. The van der Waals surface area contributed by atoms with Crippen LogP contribution in [-0.4, -0.2) is 32.3 Å². The summed E-state index contributed by atoms with van der Waals surface area (Å²) < 4.78 is 15.7. The van der Waals surface area contributed by atoms with Gasteiger partial charge in [0.1, 0.15) is 5.82 Å². The predicted molar refractivity (Wildman–Crippen MR) is 123 cm³/mol. The minimum Gasteiger partial charge on any atom is -0.342 e. The van der Waals surface area contributed by atoms with Gasteiger partial charge in [-0.1, -0.05) is 47.7 Å². The van der Waals surface area contributed by atoms with Gasteiger partial charge in [-0.15, -0.1) is 16.8 Å². The molecule has 2 aromatic carbocycles. The van der Waals surface area contributed by atoms with Gasteiger partial charge in [0.25, 0.3) is 5.91 Å². The van der Waals surface area contributed by atoms with E-state index in [1.54, 1.807) is 23.6 Å². The number of anilines is 1. The Morgan fingerprint density at radius 3 is 2.59 bits per heavy atom. The highest BCUT2D eigenvalue weighted by Crippen LogP contribution is 2.22. The number of carbonyl (C=O) groups excluding carboxylic acids is 2. The quantitative estimate of drug-likeness (QED) is 0.376. The molecule has 0 bridgehead atoms. The predicted octanol–water partition coefficient (Wildman–Crippen LogP) is 4.13. The molecular weight excluding hydrogens is 429 g/mol. The van der Waals surface area contributed by atoms with Crippen LogP contribution in [0.2, 0.25) is 0 Å².